The maximum atomic E-state index is 4.23. The van der Waals surface area contributed by atoms with Gasteiger partial charge in [0.25, 0.3) is 0 Å². The summed E-state index contributed by atoms with van der Waals surface area (Å²) in [6.07, 6.45) is 3.91. The molecule has 0 saturated carbocycles. The predicted octanol–water partition coefficient (Wildman–Crippen LogP) is 10.9. The summed E-state index contributed by atoms with van der Waals surface area (Å²) < 4.78 is 0. The van der Waals surface area contributed by atoms with Gasteiger partial charge in [-0.25, -0.2) is 0 Å². The summed E-state index contributed by atoms with van der Waals surface area (Å²) in [5, 5.41) is 9.64. The molecule has 0 N–H and O–H groups in total. The molecule has 0 unspecified atom stereocenters. The van der Waals surface area contributed by atoms with Crippen LogP contribution in [0.15, 0.2) is 183 Å². The van der Waals surface area contributed by atoms with Gasteiger partial charge in [0.15, 0.2) is 0 Å². The van der Waals surface area contributed by atoms with E-state index in [4.69, 9.17) is 0 Å². The predicted molar refractivity (Wildman–Crippen MR) is 207 cm³/mol. The molecule has 0 atom stereocenters. The molecule has 226 valence electrons. The van der Waals surface area contributed by atoms with Gasteiger partial charge in [0, 0.05) is 0 Å². The lowest BCUT2D eigenvalue weighted by atomic mass is 9.84. The topological polar surface area (TPSA) is 0 Å². The Morgan fingerprint density at radius 3 is 0.896 bits per heavy atom. The number of fused-ring (bicyclic) bond motifs is 3. The smallest absolute Gasteiger partial charge is 0.00139 e. The summed E-state index contributed by atoms with van der Waals surface area (Å²) in [4.78, 5) is 0. The van der Waals surface area contributed by atoms with Gasteiger partial charge in [0.05, 0.1) is 0 Å². The molecule has 0 amide bonds. The first-order valence-corrected chi connectivity index (χ1v) is 16.4. The lowest BCUT2D eigenvalue weighted by Crippen LogP contribution is -2.21. The van der Waals surface area contributed by atoms with Crippen molar-refractivity contribution in [3.05, 3.63) is 227 Å². The summed E-state index contributed by atoms with van der Waals surface area (Å²) in [5.41, 5.74) is 9.24. The van der Waals surface area contributed by atoms with Crippen molar-refractivity contribution in [2.45, 2.75) is 0 Å². The Morgan fingerprint density at radius 1 is 0.333 bits per heavy atom. The van der Waals surface area contributed by atoms with Crippen LogP contribution in [-0.2, 0) is 0 Å². The zero-order valence-electron chi connectivity index (χ0n) is 26.7. The van der Waals surface area contributed by atoms with Crippen LogP contribution in [0.2, 0.25) is 0 Å². The van der Waals surface area contributed by atoms with Crippen LogP contribution in [0.25, 0.3) is 55.6 Å². The average molecular weight is 611 g/mol. The monoisotopic (exact) mass is 610 g/mol. The largest absolute Gasteiger partial charge is 0.0984 e. The van der Waals surface area contributed by atoms with E-state index in [0.717, 1.165) is 11.1 Å². The molecule has 0 bridgehead atoms. The summed E-state index contributed by atoms with van der Waals surface area (Å²) in [7, 11) is 0. The second-order valence-corrected chi connectivity index (χ2v) is 12.1. The third-order valence-corrected chi connectivity index (χ3v) is 9.38. The van der Waals surface area contributed by atoms with Gasteiger partial charge in [0.2, 0.25) is 0 Å². The molecule has 0 aliphatic rings. The Kier molecular flexibility index (Phi) is 7.61. The number of benzene rings is 8. The normalized spacial score (nSPS) is 11.1. The highest BCUT2D eigenvalue weighted by Crippen LogP contribution is 2.31. The lowest BCUT2D eigenvalue weighted by molar-refractivity contribution is 1.50. The molecular formula is C48H34. The van der Waals surface area contributed by atoms with Crippen molar-refractivity contribution >= 4 is 55.6 Å². The van der Waals surface area contributed by atoms with Gasteiger partial charge in [-0.2, -0.15) is 0 Å². The molecular weight excluding hydrogens is 577 g/mol. The van der Waals surface area contributed by atoms with E-state index < -0.39 is 0 Å². The van der Waals surface area contributed by atoms with Crippen LogP contribution < -0.4 is 10.4 Å². The van der Waals surface area contributed by atoms with E-state index >= 15 is 0 Å². The van der Waals surface area contributed by atoms with E-state index in [0.29, 0.717) is 0 Å². The fourth-order valence-electron chi connectivity index (χ4n) is 7.21. The Hall–Kier alpha value is -6.24. The molecule has 0 nitrogen and oxygen atoms in total. The molecule has 8 aromatic rings. The number of rotatable bonds is 6. The van der Waals surface area contributed by atoms with E-state index in [-0.39, 0.29) is 0 Å². The van der Waals surface area contributed by atoms with Crippen LogP contribution >= 0.6 is 0 Å². The minimum absolute atomic E-state index is 1.06. The highest BCUT2D eigenvalue weighted by molar-refractivity contribution is 6.11. The summed E-state index contributed by atoms with van der Waals surface area (Å²) in [6, 6.07) is 61.4. The standard InChI is InChI=1S/C48H34/c1-3-33-29-41-42(30-34(33)4-2)48(46(37-23-13-7-14-24-37)38-25-15-8-16-26-38)44-32-40-28-18-17-27-39(40)31-43(44)47(41)45(35-19-9-5-10-20-35)36-21-11-6-12-22-36/h3-32H,1-2H2. The van der Waals surface area contributed by atoms with Crippen LogP contribution in [0, 0.1) is 0 Å². The molecule has 0 heteroatoms. The molecule has 0 spiro atoms. The van der Waals surface area contributed by atoms with Crippen molar-refractivity contribution < 1.29 is 0 Å². The maximum Gasteiger partial charge on any atom is -0.00139 e. The fourth-order valence-corrected chi connectivity index (χ4v) is 7.21. The molecule has 8 rings (SSSR count). The Labute approximate surface area is 281 Å². The zero-order chi connectivity index (χ0) is 32.5. The lowest BCUT2D eigenvalue weighted by Gasteiger charge is -2.19. The third-order valence-electron chi connectivity index (χ3n) is 9.38. The molecule has 0 aromatic heterocycles. The zero-order valence-corrected chi connectivity index (χ0v) is 26.7. The fraction of sp³-hybridized carbons (Fsp3) is 0. The van der Waals surface area contributed by atoms with Crippen molar-refractivity contribution in [2.75, 3.05) is 0 Å². The molecule has 0 saturated heterocycles. The van der Waals surface area contributed by atoms with Crippen molar-refractivity contribution in [2.24, 2.45) is 0 Å². The van der Waals surface area contributed by atoms with E-state index in [1.807, 2.05) is 12.2 Å². The molecule has 8 aromatic carbocycles. The van der Waals surface area contributed by atoms with Crippen LogP contribution in [0.5, 0.6) is 0 Å². The van der Waals surface area contributed by atoms with Gasteiger partial charge < -0.3 is 0 Å². The second kappa shape index (κ2) is 12.5. The summed E-state index contributed by atoms with van der Waals surface area (Å²) >= 11 is 0. The van der Waals surface area contributed by atoms with Gasteiger partial charge in [-0.1, -0.05) is 171 Å². The average Bonchev–Trinajstić information content (AvgIpc) is 3.16. The van der Waals surface area contributed by atoms with Crippen molar-refractivity contribution in [3.63, 3.8) is 0 Å². The quantitative estimate of drug-likeness (QED) is 0.164. The Bertz CT molecular complexity index is 2330. The van der Waals surface area contributed by atoms with E-state index in [2.05, 4.69) is 183 Å². The highest BCUT2D eigenvalue weighted by atomic mass is 14.2. The van der Waals surface area contributed by atoms with Crippen molar-refractivity contribution in [1.82, 2.24) is 0 Å². The van der Waals surface area contributed by atoms with Gasteiger partial charge in [0.1, 0.15) is 0 Å². The first-order chi connectivity index (χ1) is 23.7. The summed E-state index contributed by atoms with van der Waals surface area (Å²) in [5.74, 6) is 0. The summed E-state index contributed by atoms with van der Waals surface area (Å²) in [6.45, 7) is 8.47. The number of hydrogen-bond acceptors (Lipinski definition) is 0. The van der Waals surface area contributed by atoms with E-state index in [9.17, 15) is 0 Å². The SMILES string of the molecule is C=Cc1cc2c(=C(c3ccccc3)c3ccccc3)c3cc4ccccc4cc3c(=C(c3ccccc3)c3ccccc3)c2cc1C=C. The third kappa shape index (κ3) is 5.05. The van der Waals surface area contributed by atoms with Crippen LogP contribution in [-0.4, -0.2) is 0 Å². The number of hydrogen-bond donors (Lipinski definition) is 0. The second-order valence-electron chi connectivity index (χ2n) is 12.1. The van der Waals surface area contributed by atoms with Crippen molar-refractivity contribution in [3.8, 4) is 0 Å². The minimum atomic E-state index is 1.06. The Balaban J connectivity index is 1.79. The molecule has 0 fully saturated rings. The maximum absolute atomic E-state index is 4.23. The van der Waals surface area contributed by atoms with Gasteiger partial charge >= 0.3 is 0 Å². The molecule has 48 heavy (non-hydrogen) atoms. The van der Waals surface area contributed by atoms with Gasteiger partial charge in [-0.15, -0.1) is 0 Å². The van der Waals surface area contributed by atoms with E-state index in [1.165, 1.54) is 76.2 Å². The molecule has 0 heterocycles. The molecule has 0 aliphatic carbocycles. The highest BCUT2D eigenvalue weighted by Gasteiger charge is 2.18. The van der Waals surface area contributed by atoms with Crippen LogP contribution in [0.3, 0.4) is 0 Å². The van der Waals surface area contributed by atoms with Crippen LogP contribution in [0.4, 0.5) is 0 Å². The Morgan fingerprint density at radius 2 is 0.604 bits per heavy atom. The molecule has 0 radical (unpaired) electrons. The first-order valence-electron chi connectivity index (χ1n) is 16.4. The van der Waals surface area contributed by atoms with Crippen molar-refractivity contribution in [1.29, 1.82) is 0 Å². The van der Waals surface area contributed by atoms with E-state index in [1.54, 1.807) is 0 Å². The van der Waals surface area contributed by atoms with Gasteiger partial charge in [-0.3, -0.25) is 0 Å². The molecule has 0 aliphatic heterocycles. The minimum Gasteiger partial charge on any atom is -0.0984 e. The van der Waals surface area contributed by atoms with Gasteiger partial charge in [-0.05, 0) is 112 Å². The van der Waals surface area contributed by atoms with Crippen LogP contribution in [0.1, 0.15) is 33.4 Å². The first kappa shape index (κ1) is 29.2.